The highest BCUT2D eigenvalue weighted by Gasteiger charge is 2.10. The molecule has 0 aliphatic carbocycles. The number of rotatable bonds is 3. The molecule has 1 atom stereocenters. The van der Waals surface area contributed by atoms with E-state index in [4.69, 9.17) is 5.26 Å². The molecule has 1 aromatic rings. The molecule has 0 bridgehead atoms. The van der Waals surface area contributed by atoms with Crippen LogP contribution in [0.4, 0.5) is 0 Å². The lowest BCUT2D eigenvalue weighted by Crippen LogP contribution is -1.96. The summed E-state index contributed by atoms with van der Waals surface area (Å²) in [6.07, 6.45) is 3.55. The molecule has 0 radical (unpaired) electrons. The van der Waals surface area contributed by atoms with Crippen LogP contribution in [0, 0.1) is 11.3 Å². The molecule has 0 aliphatic heterocycles. The van der Waals surface area contributed by atoms with Crippen LogP contribution >= 0.6 is 0 Å². The number of H-pyrrole nitrogens is 1. The highest BCUT2D eigenvalue weighted by molar-refractivity contribution is 5.11. The lowest BCUT2D eigenvalue weighted by atomic mass is 10.1. The van der Waals surface area contributed by atoms with E-state index in [0.717, 1.165) is 24.4 Å². The van der Waals surface area contributed by atoms with Gasteiger partial charge in [0.2, 0.25) is 0 Å². The number of aromatic nitrogens is 2. The zero-order valence-corrected chi connectivity index (χ0v) is 7.46. The van der Waals surface area contributed by atoms with Crippen LogP contribution in [-0.2, 0) is 6.42 Å². The summed E-state index contributed by atoms with van der Waals surface area (Å²) in [5.41, 5.74) is 1.10. The lowest BCUT2D eigenvalue weighted by Gasteiger charge is -1.99. The first kappa shape index (κ1) is 8.79. The van der Waals surface area contributed by atoms with Gasteiger partial charge in [0.25, 0.3) is 0 Å². The maximum Gasteiger partial charge on any atom is 0.123 e. The molecule has 1 heterocycles. The van der Waals surface area contributed by atoms with Crippen molar-refractivity contribution >= 4 is 0 Å². The van der Waals surface area contributed by atoms with Crippen molar-refractivity contribution in [2.75, 3.05) is 0 Å². The number of nitriles is 1. The van der Waals surface area contributed by atoms with Gasteiger partial charge in [0.15, 0.2) is 0 Å². The van der Waals surface area contributed by atoms with Crippen molar-refractivity contribution in [1.29, 1.82) is 5.26 Å². The van der Waals surface area contributed by atoms with Gasteiger partial charge in [-0.2, -0.15) is 5.26 Å². The monoisotopic (exact) mass is 163 g/mol. The highest BCUT2D eigenvalue weighted by atomic mass is 14.9. The molecule has 1 N–H and O–H groups in total. The van der Waals surface area contributed by atoms with Gasteiger partial charge in [-0.25, -0.2) is 4.98 Å². The predicted molar refractivity (Wildman–Crippen MR) is 46.6 cm³/mol. The normalized spacial score (nSPS) is 12.4. The molecule has 0 spiro atoms. The van der Waals surface area contributed by atoms with Crippen molar-refractivity contribution in [2.45, 2.75) is 32.6 Å². The number of nitrogens with zero attached hydrogens (tertiary/aromatic N) is 2. The summed E-state index contributed by atoms with van der Waals surface area (Å²) in [6, 6.07) is 2.21. The van der Waals surface area contributed by atoms with Crippen molar-refractivity contribution in [3.05, 3.63) is 17.7 Å². The van der Waals surface area contributed by atoms with Crippen LogP contribution in [0.15, 0.2) is 6.20 Å². The first-order chi connectivity index (χ1) is 5.81. The fourth-order valence-corrected chi connectivity index (χ4v) is 1.08. The number of hydrogen-bond acceptors (Lipinski definition) is 2. The third-order valence-electron chi connectivity index (χ3n) is 1.92. The molecule has 1 aromatic heterocycles. The van der Waals surface area contributed by atoms with Gasteiger partial charge in [-0.15, -0.1) is 0 Å². The van der Waals surface area contributed by atoms with Crippen molar-refractivity contribution in [3.8, 4) is 6.07 Å². The number of aryl methyl sites for hydroxylation is 1. The van der Waals surface area contributed by atoms with Crippen LogP contribution in [0.25, 0.3) is 0 Å². The Kier molecular flexibility index (Phi) is 2.87. The number of imidazole rings is 1. The molecular weight excluding hydrogens is 150 g/mol. The molecule has 1 rings (SSSR count). The van der Waals surface area contributed by atoms with Gasteiger partial charge >= 0.3 is 0 Å². The average molecular weight is 163 g/mol. The molecular formula is C9H13N3. The first-order valence-electron chi connectivity index (χ1n) is 4.25. The molecule has 64 valence electrons. The van der Waals surface area contributed by atoms with E-state index in [1.165, 1.54) is 0 Å². The van der Waals surface area contributed by atoms with E-state index in [2.05, 4.69) is 23.0 Å². The summed E-state index contributed by atoms with van der Waals surface area (Å²) in [5, 5.41) is 8.75. The van der Waals surface area contributed by atoms with Crippen LogP contribution < -0.4 is 0 Å². The van der Waals surface area contributed by atoms with Crippen molar-refractivity contribution < 1.29 is 0 Å². The Morgan fingerprint density at radius 3 is 2.83 bits per heavy atom. The molecule has 0 aromatic carbocycles. The van der Waals surface area contributed by atoms with E-state index >= 15 is 0 Å². The molecule has 0 amide bonds. The van der Waals surface area contributed by atoms with Crippen LogP contribution in [0.2, 0.25) is 0 Å². The zero-order chi connectivity index (χ0) is 8.97. The fourth-order valence-electron chi connectivity index (χ4n) is 1.08. The quantitative estimate of drug-likeness (QED) is 0.740. The highest BCUT2D eigenvalue weighted by Crippen LogP contribution is 2.14. The van der Waals surface area contributed by atoms with Crippen LogP contribution in [0.1, 0.15) is 37.7 Å². The second-order valence-corrected chi connectivity index (χ2v) is 2.74. The summed E-state index contributed by atoms with van der Waals surface area (Å²) < 4.78 is 0. The zero-order valence-electron chi connectivity index (χ0n) is 7.46. The second kappa shape index (κ2) is 3.91. The van der Waals surface area contributed by atoms with Gasteiger partial charge < -0.3 is 4.98 Å². The average Bonchev–Trinajstić information content (AvgIpc) is 2.55. The Morgan fingerprint density at radius 2 is 2.42 bits per heavy atom. The number of nitrogens with one attached hydrogen (secondary N) is 1. The van der Waals surface area contributed by atoms with Crippen LogP contribution in [0.5, 0.6) is 0 Å². The van der Waals surface area contributed by atoms with Crippen molar-refractivity contribution in [1.82, 2.24) is 9.97 Å². The third-order valence-corrected chi connectivity index (χ3v) is 1.92. The minimum Gasteiger partial charge on any atom is -0.345 e. The number of aromatic amines is 1. The molecule has 0 fully saturated rings. The Morgan fingerprint density at radius 1 is 1.67 bits per heavy atom. The van der Waals surface area contributed by atoms with E-state index in [-0.39, 0.29) is 5.92 Å². The summed E-state index contributed by atoms with van der Waals surface area (Å²) in [4.78, 5) is 7.28. The largest absolute Gasteiger partial charge is 0.345 e. The fraction of sp³-hybridized carbons (Fsp3) is 0.556. The SMILES string of the molecule is CCc1cnc(C(C#N)CC)[nH]1. The van der Waals surface area contributed by atoms with E-state index in [9.17, 15) is 0 Å². The topological polar surface area (TPSA) is 52.5 Å². The maximum atomic E-state index is 8.75. The minimum absolute atomic E-state index is 0.0784. The van der Waals surface area contributed by atoms with Gasteiger partial charge in [0.05, 0.1) is 6.07 Å². The summed E-state index contributed by atoms with van der Waals surface area (Å²) in [6.45, 7) is 4.05. The Balaban J connectivity index is 2.81. The Bertz CT molecular complexity index is 282. The number of hydrogen-bond donors (Lipinski definition) is 1. The van der Waals surface area contributed by atoms with Crippen molar-refractivity contribution in [2.24, 2.45) is 0 Å². The second-order valence-electron chi connectivity index (χ2n) is 2.74. The van der Waals surface area contributed by atoms with E-state index in [0.29, 0.717) is 0 Å². The standard InChI is InChI=1S/C9H13N3/c1-3-7(5-10)9-11-6-8(4-2)12-9/h6-7H,3-4H2,1-2H3,(H,11,12). The van der Waals surface area contributed by atoms with Crippen LogP contribution in [0.3, 0.4) is 0 Å². The van der Waals surface area contributed by atoms with E-state index in [1.807, 2.05) is 6.92 Å². The van der Waals surface area contributed by atoms with Crippen LogP contribution in [-0.4, -0.2) is 9.97 Å². The predicted octanol–water partition coefficient (Wildman–Crippen LogP) is 1.99. The van der Waals surface area contributed by atoms with Gasteiger partial charge in [-0.1, -0.05) is 13.8 Å². The summed E-state index contributed by atoms with van der Waals surface area (Å²) >= 11 is 0. The van der Waals surface area contributed by atoms with Gasteiger partial charge in [-0.3, -0.25) is 0 Å². The van der Waals surface area contributed by atoms with Gasteiger partial charge in [0.1, 0.15) is 11.7 Å². The lowest BCUT2D eigenvalue weighted by molar-refractivity contribution is 0.762. The molecule has 1 unspecified atom stereocenters. The minimum atomic E-state index is -0.0784. The smallest absolute Gasteiger partial charge is 0.123 e. The summed E-state index contributed by atoms with van der Waals surface area (Å²) in [7, 11) is 0. The molecule has 3 heteroatoms. The Hall–Kier alpha value is -1.30. The maximum absolute atomic E-state index is 8.75. The molecule has 0 saturated carbocycles. The van der Waals surface area contributed by atoms with Gasteiger partial charge in [-0.05, 0) is 12.8 Å². The molecule has 3 nitrogen and oxygen atoms in total. The van der Waals surface area contributed by atoms with E-state index in [1.54, 1.807) is 6.20 Å². The van der Waals surface area contributed by atoms with Gasteiger partial charge in [0, 0.05) is 11.9 Å². The van der Waals surface area contributed by atoms with Crippen molar-refractivity contribution in [3.63, 3.8) is 0 Å². The third kappa shape index (κ3) is 1.65. The Labute approximate surface area is 72.4 Å². The molecule has 0 saturated heterocycles. The molecule has 0 aliphatic rings. The first-order valence-corrected chi connectivity index (χ1v) is 4.25. The molecule has 12 heavy (non-hydrogen) atoms. The summed E-state index contributed by atoms with van der Waals surface area (Å²) in [5.74, 6) is 0.724. The van der Waals surface area contributed by atoms with E-state index < -0.39 is 0 Å².